The first-order chi connectivity index (χ1) is 8.74. The van der Waals surface area contributed by atoms with Crippen LogP contribution in [0.4, 0.5) is 5.69 Å². The second-order valence-electron chi connectivity index (χ2n) is 4.79. The average Bonchev–Trinajstić information content (AvgIpc) is 2.39. The van der Waals surface area contributed by atoms with Crippen molar-refractivity contribution in [3.8, 4) is 6.07 Å². The van der Waals surface area contributed by atoms with Gasteiger partial charge in [0, 0.05) is 23.2 Å². The van der Waals surface area contributed by atoms with Crippen LogP contribution in [0.5, 0.6) is 0 Å². The van der Waals surface area contributed by atoms with Gasteiger partial charge in [-0.25, -0.2) is 0 Å². The van der Waals surface area contributed by atoms with Gasteiger partial charge in [0.15, 0.2) is 0 Å². The van der Waals surface area contributed by atoms with E-state index >= 15 is 0 Å². The molecule has 4 heteroatoms. The Balaban J connectivity index is 2.11. The summed E-state index contributed by atoms with van der Waals surface area (Å²) in [5.41, 5.74) is 1.91. The number of hydrogen-bond donors (Lipinski definition) is 1. The fourth-order valence-corrected chi connectivity index (χ4v) is 3.00. The Labute approximate surface area is 117 Å². The molecule has 96 valence electrons. The highest BCUT2D eigenvalue weighted by Gasteiger charge is 2.19. The van der Waals surface area contributed by atoms with Gasteiger partial charge >= 0.3 is 0 Å². The van der Waals surface area contributed by atoms with Crippen molar-refractivity contribution in [3.63, 3.8) is 0 Å². The summed E-state index contributed by atoms with van der Waals surface area (Å²) in [5, 5.41) is 12.2. The van der Waals surface area contributed by atoms with Gasteiger partial charge in [0.05, 0.1) is 5.56 Å². The summed E-state index contributed by atoms with van der Waals surface area (Å²) in [5.74, 6) is 0.721. The summed E-state index contributed by atoms with van der Waals surface area (Å²) >= 11 is 3.46. The zero-order valence-electron chi connectivity index (χ0n) is 10.6. The van der Waals surface area contributed by atoms with E-state index in [9.17, 15) is 0 Å². The first kappa shape index (κ1) is 13.4. The molecule has 0 aromatic heterocycles. The monoisotopic (exact) mass is 307 g/mol. The lowest BCUT2D eigenvalue weighted by molar-refractivity contribution is 0.403. The standard InChI is InChI=1S/C14H18BrN3/c1-17-9-11-3-2-6-18(10-11)13-5-4-12(8-16)14(15)7-13/h4-5,7,11,17H,2-3,6,9-10H2,1H3. The fraction of sp³-hybridized carbons (Fsp3) is 0.500. The third-order valence-electron chi connectivity index (χ3n) is 3.45. The molecule has 2 rings (SSSR count). The molecule has 1 aromatic carbocycles. The van der Waals surface area contributed by atoms with Crippen molar-refractivity contribution < 1.29 is 0 Å². The highest BCUT2D eigenvalue weighted by atomic mass is 79.9. The summed E-state index contributed by atoms with van der Waals surface area (Å²) in [6.07, 6.45) is 2.54. The van der Waals surface area contributed by atoms with Gasteiger partial charge in [0.25, 0.3) is 0 Å². The smallest absolute Gasteiger partial charge is 0.100 e. The molecule has 0 aliphatic carbocycles. The molecule has 0 amide bonds. The Morgan fingerprint density at radius 1 is 1.56 bits per heavy atom. The molecule has 1 atom stereocenters. The number of benzene rings is 1. The lowest BCUT2D eigenvalue weighted by Gasteiger charge is -2.34. The van der Waals surface area contributed by atoms with Crippen molar-refractivity contribution in [1.82, 2.24) is 5.32 Å². The van der Waals surface area contributed by atoms with Gasteiger partial charge in [-0.15, -0.1) is 0 Å². The van der Waals surface area contributed by atoms with Gasteiger partial charge in [0.2, 0.25) is 0 Å². The fourth-order valence-electron chi connectivity index (χ4n) is 2.55. The van der Waals surface area contributed by atoms with Crippen molar-refractivity contribution in [2.45, 2.75) is 12.8 Å². The molecule has 1 aromatic rings. The lowest BCUT2D eigenvalue weighted by Crippen LogP contribution is -2.39. The molecular formula is C14H18BrN3. The minimum Gasteiger partial charge on any atom is -0.371 e. The maximum absolute atomic E-state index is 8.93. The second-order valence-corrected chi connectivity index (χ2v) is 5.64. The molecule has 3 nitrogen and oxygen atoms in total. The largest absolute Gasteiger partial charge is 0.371 e. The quantitative estimate of drug-likeness (QED) is 0.933. The maximum Gasteiger partial charge on any atom is 0.100 e. The third kappa shape index (κ3) is 3.04. The zero-order chi connectivity index (χ0) is 13.0. The SMILES string of the molecule is CNCC1CCCN(c2ccc(C#N)c(Br)c2)C1. The number of hydrogen-bond acceptors (Lipinski definition) is 3. The van der Waals surface area contributed by atoms with Crippen LogP contribution in [-0.4, -0.2) is 26.7 Å². The lowest BCUT2D eigenvalue weighted by atomic mass is 9.97. The Bertz CT molecular complexity index is 451. The van der Waals surface area contributed by atoms with Crippen LogP contribution >= 0.6 is 15.9 Å². The van der Waals surface area contributed by atoms with E-state index in [2.05, 4.69) is 38.3 Å². The summed E-state index contributed by atoms with van der Waals surface area (Å²) in [4.78, 5) is 2.41. The maximum atomic E-state index is 8.93. The Morgan fingerprint density at radius 2 is 2.39 bits per heavy atom. The van der Waals surface area contributed by atoms with Gasteiger partial charge < -0.3 is 10.2 Å². The van der Waals surface area contributed by atoms with Gasteiger partial charge in [-0.05, 0) is 66.5 Å². The van der Waals surface area contributed by atoms with Crippen LogP contribution in [0.2, 0.25) is 0 Å². The van der Waals surface area contributed by atoms with E-state index in [0.29, 0.717) is 5.56 Å². The van der Waals surface area contributed by atoms with E-state index in [1.807, 2.05) is 19.2 Å². The molecule has 18 heavy (non-hydrogen) atoms. The number of nitriles is 1. The van der Waals surface area contributed by atoms with E-state index in [1.165, 1.54) is 18.5 Å². The Kier molecular flexibility index (Phi) is 4.62. The third-order valence-corrected chi connectivity index (χ3v) is 4.11. The van der Waals surface area contributed by atoms with Crippen LogP contribution in [0.3, 0.4) is 0 Å². The molecule has 1 aliphatic heterocycles. The van der Waals surface area contributed by atoms with Gasteiger partial charge in [-0.3, -0.25) is 0 Å². The van der Waals surface area contributed by atoms with Gasteiger partial charge in [-0.2, -0.15) is 5.26 Å². The van der Waals surface area contributed by atoms with Crippen LogP contribution < -0.4 is 10.2 Å². The number of piperidine rings is 1. The van der Waals surface area contributed by atoms with E-state index in [0.717, 1.165) is 30.0 Å². The minimum absolute atomic E-state index is 0.697. The number of nitrogens with zero attached hydrogens (tertiary/aromatic N) is 2. The molecule has 0 saturated carbocycles. The summed E-state index contributed by atoms with van der Waals surface area (Å²) < 4.78 is 0.887. The predicted octanol–water partition coefficient (Wildman–Crippen LogP) is 2.76. The zero-order valence-corrected chi connectivity index (χ0v) is 12.2. The molecule has 0 spiro atoms. The number of rotatable bonds is 3. The summed E-state index contributed by atoms with van der Waals surface area (Å²) in [7, 11) is 2.01. The second kappa shape index (κ2) is 6.21. The van der Waals surface area contributed by atoms with Crippen LogP contribution in [0.25, 0.3) is 0 Å². The molecule has 1 fully saturated rings. The van der Waals surface area contributed by atoms with E-state index in [-0.39, 0.29) is 0 Å². The molecule has 0 bridgehead atoms. The van der Waals surface area contributed by atoms with Crippen LogP contribution in [0, 0.1) is 17.2 Å². The van der Waals surface area contributed by atoms with Crippen molar-refractivity contribution in [2.75, 3.05) is 31.6 Å². The minimum atomic E-state index is 0.697. The molecule has 1 unspecified atom stereocenters. The van der Waals surface area contributed by atoms with Crippen LogP contribution in [-0.2, 0) is 0 Å². The topological polar surface area (TPSA) is 39.1 Å². The van der Waals surface area contributed by atoms with E-state index in [4.69, 9.17) is 5.26 Å². The molecule has 1 heterocycles. The highest BCUT2D eigenvalue weighted by molar-refractivity contribution is 9.10. The van der Waals surface area contributed by atoms with Crippen LogP contribution in [0.15, 0.2) is 22.7 Å². The van der Waals surface area contributed by atoms with E-state index < -0.39 is 0 Å². The average molecular weight is 308 g/mol. The molecule has 1 N–H and O–H groups in total. The van der Waals surface area contributed by atoms with Crippen molar-refractivity contribution in [1.29, 1.82) is 5.26 Å². The molecule has 0 radical (unpaired) electrons. The number of nitrogens with one attached hydrogen (secondary N) is 1. The number of anilines is 1. The van der Waals surface area contributed by atoms with Crippen LogP contribution in [0.1, 0.15) is 18.4 Å². The summed E-state index contributed by atoms with van der Waals surface area (Å²) in [6, 6.07) is 8.17. The molecule has 1 saturated heterocycles. The summed E-state index contributed by atoms with van der Waals surface area (Å²) in [6.45, 7) is 3.28. The predicted molar refractivity (Wildman–Crippen MR) is 77.7 cm³/mol. The number of halogens is 1. The van der Waals surface area contributed by atoms with E-state index in [1.54, 1.807) is 0 Å². The Hall–Kier alpha value is -1.05. The normalized spacial score (nSPS) is 19.6. The molecule has 1 aliphatic rings. The van der Waals surface area contributed by atoms with Crippen molar-refractivity contribution >= 4 is 21.6 Å². The van der Waals surface area contributed by atoms with Gasteiger partial charge in [0.1, 0.15) is 6.07 Å². The first-order valence-electron chi connectivity index (χ1n) is 6.33. The van der Waals surface area contributed by atoms with Crippen molar-refractivity contribution in [2.24, 2.45) is 5.92 Å². The van der Waals surface area contributed by atoms with Gasteiger partial charge in [-0.1, -0.05) is 0 Å². The first-order valence-corrected chi connectivity index (χ1v) is 7.13. The molecular weight excluding hydrogens is 290 g/mol. The highest BCUT2D eigenvalue weighted by Crippen LogP contribution is 2.27. The van der Waals surface area contributed by atoms with Crippen molar-refractivity contribution in [3.05, 3.63) is 28.2 Å². The Morgan fingerprint density at radius 3 is 3.06 bits per heavy atom.